The molecule has 86 valence electrons. The Morgan fingerprint density at radius 1 is 1.06 bits per heavy atom. The summed E-state index contributed by atoms with van der Waals surface area (Å²) >= 11 is 0. The number of hydrogen-bond acceptors (Lipinski definition) is 1. The van der Waals surface area contributed by atoms with Gasteiger partial charge in [-0.2, -0.15) is 0 Å². The van der Waals surface area contributed by atoms with E-state index < -0.39 is 0 Å². The first-order chi connectivity index (χ1) is 7.91. The van der Waals surface area contributed by atoms with Crippen molar-refractivity contribution >= 4 is 0 Å². The topological polar surface area (TPSA) is 20.2 Å². The Bertz CT molecular complexity index is 315. The molecule has 0 saturated carbocycles. The predicted molar refractivity (Wildman–Crippen MR) is 69.7 cm³/mol. The molecule has 1 N–H and O–H groups in total. The minimum atomic E-state index is 0.0304. The van der Waals surface area contributed by atoms with Crippen LogP contribution in [0.5, 0.6) is 0 Å². The van der Waals surface area contributed by atoms with Gasteiger partial charge < -0.3 is 5.11 Å². The van der Waals surface area contributed by atoms with Crippen LogP contribution >= 0.6 is 0 Å². The quantitative estimate of drug-likeness (QED) is 0.411. The van der Waals surface area contributed by atoms with E-state index in [0.717, 1.165) is 12.8 Å². The Morgan fingerprint density at radius 2 is 1.94 bits per heavy atom. The van der Waals surface area contributed by atoms with Crippen LogP contribution in [0.1, 0.15) is 39.0 Å². The van der Waals surface area contributed by atoms with E-state index in [0.29, 0.717) is 0 Å². The molecule has 0 aromatic carbocycles. The third kappa shape index (κ3) is 12.6. The second-order valence-electron chi connectivity index (χ2n) is 3.33. The van der Waals surface area contributed by atoms with E-state index in [1.54, 1.807) is 12.2 Å². The summed E-state index contributed by atoms with van der Waals surface area (Å²) in [6, 6.07) is 0. The van der Waals surface area contributed by atoms with Gasteiger partial charge in [0.2, 0.25) is 0 Å². The number of aliphatic hydroxyl groups excluding tert-OH is 1. The van der Waals surface area contributed by atoms with Gasteiger partial charge in [0, 0.05) is 6.42 Å². The number of aliphatic hydroxyl groups is 1. The third-order valence-electron chi connectivity index (χ3n) is 1.89. The number of allylic oxidation sites excluding steroid dienone is 3. The van der Waals surface area contributed by atoms with Crippen molar-refractivity contribution < 1.29 is 5.11 Å². The second kappa shape index (κ2) is 13.6. The molecule has 0 aliphatic heterocycles. The minimum absolute atomic E-state index is 0.0304. The normalized spacial score (nSPS) is 9.88. The van der Waals surface area contributed by atoms with Crippen molar-refractivity contribution in [3.05, 3.63) is 24.3 Å². The third-order valence-corrected chi connectivity index (χ3v) is 1.89. The first-order valence-electron chi connectivity index (χ1n) is 5.81. The van der Waals surface area contributed by atoms with Gasteiger partial charge in [-0.15, -0.1) is 0 Å². The molecule has 1 nitrogen and oxygen atoms in total. The molecule has 1 heteroatoms. The van der Waals surface area contributed by atoms with Gasteiger partial charge in [-0.3, -0.25) is 0 Å². The highest BCUT2D eigenvalue weighted by atomic mass is 16.2. The largest absolute Gasteiger partial charge is 0.392 e. The Kier molecular flexibility index (Phi) is 12.3. The van der Waals surface area contributed by atoms with Gasteiger partial charge in [0.05, 0.1) is 6.61 Å². The lowest BCUT2D eigenvalue weighted by Gasteiger charge is -1.89. The van der Waals surface area contributed by atoms with Crippen molar-refractivity contribution in [1.29, 1.82) is 0 Å². The van der Waals surface area contributed by atoms with Crippen molar-refractivity contribution in [2.24, 2.45) is 0 Å². The molecule has 0 heterocycles. The summed E-state index contributed by atoms with van der Waals surface area (Å²) in [6.45, 7) is 2.24. The molecular weight excluding hydrogens is 196 g/mol. The fraction of sp³-hybridized carbons (Fsp3) is 0.467. The maximum atomic E-state index is 8.43. The summed E-state index contributed by atoms with van der Waals surface area (Å²) in [5, 5.41) is 8.43. The number of unbranched alkanes of at least 4 members (excludes halogenated alkanes) is 3. The average Bonchev–Trinajstić information content (AvgIpc) is 2.31. The lowest BCUT2D eigenvalue weighted by molar-refractivity contribution is 0.343. The van der Waals surface area contributed by atoms with Crippen LogP contribution in [-0.4, -0.2) is 11.7 Å². The van der Waals surface area contributed by atoms with Crippen molar-refractivity contribution in [2.75, 3.05) is 6.61 Å². The molecule has 0 aliphatic rings. The Balaban J connectivity index is 3.52. The first-order valence-corrected chi connectivity index (χ1v) is 5.81. The number of hydrogen-bond donors (Lipinski definition) is 1. The molecule has 0 atom stereocenters. The Labute approximate surface area is 99.3 Å². The van der Waals surface area contributed by atoms with Gasteiger partial charge in [0.1, 0.15) is 0 Å². The molecule has 0 rings (SSSR count). The second-order valence-corrected chi connectivity index (χ2v) is 3.33. The zero-order chi connectivity index (χ0) is 11.9. The zero-order valence-electron chi connectivity index (χ0n) is 10.00. The van der Waals surface area contributed by atoms with Gasteiger partial charge in [-0.25, -0.2) is 0 Å². The predicted octanol–water partition coefficient (Wildman–Crippen LogP) is 3.07. The molecule has 0 aromatic rings. The van der Waals surface area contributed by atoms with Gasteiger partial charge in [-0.05, 0) is 30.8 Å². The fourth-order valence-electron chi connectivity index (χ4n) is 1.06. The summed E-state index contributed by atoms with van der Waals surface area (Å²) in [5.41, 5.74) is 0. The van der Waals surface area contributed by atoms with Gasteiger partial charge in [-0.1, -0.05) is 49.8 Å². The molecule has 0 spiro atoms. The van der Waals surface area contributed by atoms with Crippen molar-refractivity contribution in [3.8, 4) is 23.7 Å². The molecule has 0 radical (unpaired) electrons. The standard InChI is InChI=1S/C15H20O/c1-2-3-4-5-6-7-8-9-10-11-12-13-14-15-16/h6-7,13-14,16H,2-5,8,15H2,1H3/b7-6-,14-13-. The highest BCUT2D eigenvalue weighted by molar-refractivity contribution is 5.31. The van der Waals surface area contributed by atoms with Gasteiger partial charge in [0.15, 0.2) is 0 Å². The van der Waals surface area contributed by atoms with E-state index >= 15 is 0 Å². The van der Waals surface area contributed by atoms with E-state index in [1.807, 2.05) is 0 Å². The van der Waals surface area contributed by atoms with Crippen LogP contribution in [0.25, 0.3) is 0 Å². The van der Waals surface area contributed by atoms with Crippen LogP contribution in [0.4, 0.5) is 0 Å². The highest BCUT2D eigenvalue weighted by Gasteiger charge is 1.80. The summed E-state index contributed by atoms with van der Waals surface area (Å²) in [5.74, 6) is 11.1. The first kappa shape index (κ1) is 14.6. The van der Waals surface area contributed by atoms with Crippen LogP contribution in [0.3, 0.4) is 0 Å². The lowest BCUT2D eigenvalue weighted by atomic mass is 10.2. The van der Waals surface area contributed by atoms with Crippen molar-refractivity contribution in [2.45, 2.75) is 39.0 Å². The van der Waals surface area contributed by atoms with E-state index in [1.165, 1.54) is 19.3 Å². The molecule has 0 aromatic heterocycles. The van der Waals surface area contributed by atoms with Crippen molar-refractivity contribution in [3.63, 3.8) is 0 Å². The zero-order valence-corrected chi connectivity index (χ0v) is 10.00. The van der Waals surface area contributed by atoms with Gasteiger partial charge in [0.25, 0.3) is 0 Å². The average molecular weight is 216 g/mol. The smallest absolute Gasteiger partial charge is 0.0621 e. The van der Waals surface area contributed by atoms with E-state index in [2.05, 4.69) is 42.8 Å². The maximum Gasteiger partial charge on any atom is 0.0621 e. The maximum absolute atomic E-state index is 8.43. The molecule has 0 bridgehead atoms. The molecule has 0 amide bonds. The fourth-order valence-corrected chi connectivity index (χ4v) is 1.06. The monoisotopic (exact) mass is 216 g/mol. The number of rotatable bonds is 6. The van der Waals surface area contributed by atoms with Crippen LogP contribution in [0, 0.1) is 23.7 Å². The summed E-state index contributed by atoms with van der Waals surface area (Å²) in [7, 11) is 0. The van der Waals surface area contributed by atoms with Crippen molar-refractivity contribution in [1.82, 2.24) is 0 Å². The molecule has 16 heavy (non-hydrogen) atoms. The van der Waals surface area contributed by atoms with E-state index in [-0.39, 0.29) is 6.61 Å². The molecule has 0 aliphatic carbocycles. The molecule has 0 saturated heterocycles. The Hall–Kier alpha value is -1.44. The Morgan fingerprint density at radius 3 is 2.69 bits per heavy atom. The summed E-state index contributed by atoms with van der Waals surface area (Å²) in [6.07, 6.45) is 13.2. The van der Waals surface area contributed by atoms with Crippen LogP contribution < -0.4 is 0 Å². The molecule has 0 unspecified atom stereocenters. The van der Waals surface area contributed by atoms with Gasteiger partial charge >= 0.3 is 0 Å². The SMILES string of the molecule is CCCCC/C=C\CC#CC#C/C=C\CO. The molecular formula is C15H20O. The van der Waals surface area contributed by atoms with Crippen LogP contribution in [0.2, 0.25) is 0 Å². The summed E-state index contributed by atoms with van der Waals surface area (Å²) < 4.78 is 0. The van der Waals surface area contributed by atoms with Crippen LogP contribution in [0.15, 0.2) is 24.3 Å². The highest BCUT2D eigenvalue weighted by Crippen LogP contribution is 1.99. The van der Waals surface area contributed by atoms with Crippen LogP contribution in [-0.2, 0) is 0 Å². The lowest BCUT2D eigenvalue weighted by Crippen LogP contribution is -1.70. The van der Waals surface area contributed by atoms with E-state index in [9.17, 15) is 0 Å². The van der Waals surface area contributed by atoms with E-state index in [4.69, 9.17) is 5.11 Å². The summed E-state index contributed by atoms with van der Waals surface area (Å²) in [4.78, 5) is 0. The minimum Gasteiger partial charge on any atom is -0.392 e. The molecule has 0 fully saturated rings.